The molecule has 0 radical (unpaired) electrons. The molecule has 5 N–H and O–H groups in total. The van der Waals surface area contributed by atoms with Gasteiger partial charge in [-0.3, -0.25) is 0 Å². The summed E-state index contributed by atoms with van der Waals surface area (Å²) in [7, 11) is 0. The quantitative estimate of drug-likeness (QED) is 0.187. The first-order valence-electron chi connectivity index (χ1n) is 4.77. The van der Waals surface area contributed by atoms with E-state index in [9.17, 15) is 4.39 Å². The van der Waals surface area contributed by atoms with Crippen LogP contribution in [0.1, 0.15) is 11.1 Å². The fourth-order valence-corrected chi connectivity index (χ4v) is 1.27. The van der Waals surface area contributed by atoms with Crippen molar-refractivity contribution in [2.75, 3.05) is 13.2 Å². The van der Waals surface area contributed by atoms with Crippen LogP contribution in [0.3, 0.4) is 0 Å². The molecule has 1 aromatic rings. The third-order valence-electron chi connectivity index (χ3n) is 2.07. The van der Waals surface area contributed by atoms with Gasteiger partial charge in [-0.1, -0.05) is 17.3 Å². The van der Waals surface area contributed by atoms with Crippen molar-refractivity contribution in [1.29, 1.82) is 0 Å². The van der Waals surface area contributed by atoms with Crippen LogP contribution in [0.5, 0.6) is 0 Å². The number of rotatable bonds is 5. The van der Waals surface area contributed by atoms with Crippen LogP contribution in [0.15, 0.2) is 23.4 Å². The van der Waals surface area contributed by atoms with Crippen molar-refractivity contribution in [2.45, 2.75) is 6.54 Å². The minimum absolute atomic E-state index is 0.0124. The Bertz CT molecular complexity index is 382. The fraction of sp³-hybridized carbons (Fsp3) is 0.300. The third kappa shape index (κ3) is 2.91. The van der Waals surface area contributed by atoms with Crippen molar-refractivity contribution in [1.82, 2.24) is 5.32 Å². The first-order valence-corrected chi connectivity index (χ1v) is 4.77. The SMILES string of the molecule is N/C(=N/O)c1cccc(CNCCO)c1F. The van der Waals surface area contributed by atoms with Crippen molar-refractivity contribution in [3.8, 4) is 0 Å². The molecule has 0 aromatic heterocycles. The first kappa shape index (κ1) is 12.4. The summed E-state index contributed by atoms with van der Waals surface area (Å²) in [5, 5.41) is 22.6. The van der Waals surface area contributed by atoms with Gasteiger partial charge in [0.2, 0.25) is 0 Å². The van der Waals surface area contributed by atoms with Crippen molar-refractivity contribution in [2.24, 2.45) is 10.9 Å². The lowest BCUT2D eigenvalue weighted by molar-refractivity contribution is 0.291. The molecule has 16 heavy (non-hydrogen) atoms. The standard InChI is InChI=1S/C10H14FN3O2/c11-9-7(6-13-4-5-15)2-1-3-8(9)10(12)14-16/h1-3,13,15-16H,4-6H2,(H2,12,14). The van der Waals surface area contributed by atoms with E-state index in [1.165, 1.54) is 6.07 Å². The van der Waals surface area contributed by atoms with Gasteiger partial charge < -0.3 is 21.4 Å². The number of aliphatic hydroxyl groups is 1. The highest BCUT2D eigenvalue weighted by Crippen LogP contribution is 2.12. The van der Waals surface area contributed by atoms with E-state index in [-0.39, 0.29) is 24.6 Å². The zero-order chi connectivity index (χ0) is 12.0. The Morgan fingerprint density at radius 1 is 1.50 bits per heavy atom. The second-order valence-corrected chi connectivity index (χ2v) is 3.16. The van der Waals surface area contributed by atoms with Gasteiger partial charge in [-0.25, -0.2) is 4.39 Å². The van der Waals surface area contributed by atoms with Gasteiger partial charge >= 0.3 is 0 Å². The number of nitrogens with zero attached hydrogens (tertiary/aromatic N) is 1. The maximum Gasteiger partial charge on any atom is 0.173 e. The number of halogens is 1. The Labute approximate surface area is 92.4 Å². The molecule has 0 aliphatic carbocycles. The van der Waals surface area contributed by atoms with Crippen LogP contribution in [-0.2, 0) is 6.54 Å². The Morgan fingerprint density at radius 2 is 2.25 bits per heavy atom. The van der Waals surface area contributed by atoms with Gasteiger partial charge in [0.15, 0.2) is 5.84 Å². The van der Waals surface area contributed by atoms with E-state index in [4.69, 9.17) is 16.0 Å². The molecule has 0 saturated carbocycles. The van der Waals surface area contributed by atoms with E-state index in [0.717, 1.165) is 0 Å². The highest BCUT2D eigenvalue weighted by Gasteiger charge is 2.10. The van der Waals surface area contributed by atoms with Crippen molar-refractivity contribution in [3.05, 3.63) is 35.1 Å². The molecule has 1 aromatic carbocycles. The van der Waals surface area contributed by atoms with Gasteiger partial charge in [0.1, 0.15) is 5.82 Å². The summed E-state index contributed by atoms with van der Waals surface area (Å²) in [4.78, 5) is 0. The van der Waals surface area contributed by atoms with Crippen LogP contribution in [0, 0.1) is 5.82 Å². The van der Waals surface area contributed by atoms with E-state index < -0.39 is 5.82 Å². The van der Waals surface area contributed by atoms with Gasteiger partial charge in [0.25, 0.3) is 0 Å². The second kappa shape index (κ2) is 6.04. The van der Waals surface area contributed by atoms with Crippen LogP contribution in [0.4, 0.5) is 4.39 Å². The van der Waals surface area contributed by atoms with Crippen LogP contribution in [0.2, 0.25) is 0 Å². The van der Waals surface area contributed by atoms with E-state index in [1.807, 2.05) is 0 Å². The number of hydrogen-bond donors (Lipinski definition) is 4. The molecule has 0 amide bonds. The Kier molecular flexibility index (Phi) is 4.68. The largest absolute Gasteiger partial charge is 0.409 e. The summed E-state index contributed by atoms with van der Waals surface area (Å²) in [5.41, 5.74) is 5.78. The number of benzene rings is 1. The van der Waals surface area contributed by atoms with E-state index >= 15 is 0 Å². The highest BCUT2D eigenvalue weighted by atomic mass is 19.1. The number of amidine groups is 1. The zero-order valence-corrected chi connectivity index (χ0v) is 8.65. The Balaban J connectivity index is 2.86. The van der Waals surface area contributed by atoms with Gasteiger partial charge in [-0.2, -0.15) is 0 Å². The molecule has 0 spiro atoms. The lowest BCUT2D eigenvalue weighted by Gasteiger charge is -2.07. The molecule has 88 valence electrons. The number of aliphatic hydroxyl groups excluding tert-OH is 1. The Morgan fingerprint density at radius 3 is 2.88 bits per heavy atom. The Hall–Kier alpha value is -1.66. The molecule has 0 heterocycles. The molecule has 0 saturated heterocycles. The fourth-order valence-electron chi connectivity index (χ4n) is 1.27. The normalized spacial score (nSPS) is 11.8. The van der Waals surface area contributed by atoms with Crippen molar-refractivity contribution in [3.63, 3.8) is 0 Å². The molecule has 1 rings (SSSR count). The second-order valence-electron chi connectivity index (χ2n) is 3.16. The van der Waals surface area contributed by atoms with Crippen molar-refractivity contribution >= 4 is 5.84 Å². The van der Waals surface area contributed by atoms with Crippen LogP contribution < -0.4 is 11.1 Å². The van der Waals surface area contributed by atoms with Gasteiger partial charge in [0.05, 0.1) is 12.2 Å². The van der Waals surface area contributed by atoms with E-state index in [2.05, 4.69) is 10.5 Å². The van der Waals surface area contributed by atoms with Gasteiger partial charge in [-0.15, -0.1) is 0 Å². The van der Waals surface area contributed by atoms with Gasteiger partial charge in [-0.05, 0) is 6.07 Å². The molecule has 0 fully saturated rings. The van der Waals surface area contributed by atoms with Crippen LogP contribution in [-0.4, -0.2) is 29.3 Å². The smallest absolute Gasteiger partial charge is 0.173 e. The summed E-state index contributed by atoms with van der Waals surface area (Å²) in [6, 6.07) is 4.64. The third-order valence-corrected chi connectivity index (χ3v) is 2.07. The first-order chi connectivity index (χ1) is 7.70. The van der Waals surface area contributed by atoms with E-state index in [0.29, 0.717) is 12.1 Å². The lowest BCUT2D eigenvalue weighted by Crippen LogP contribution is -2.20. The molecular weight excluding hydrogens is 213 g/mol. The number of oxime groups is 1. The number of hydrogen-bond acceptors (Lipinski definition) is 4. The number of nitrogens with two attached hydrogens (primary N) is 1. The summed E-state index contributed by atoms with van der Waals surface area (Å²) in [5.74, 6) is -0.787. The van der Waals surface area contributed by atoms with Crippen LogP contribution in [0.25, 0.3) is 0 Å². The molecular formula is C10H14FN3O2. The predicted molar refractivity (Wildman–Crippen MR) is 57.7 cm³/mol. The molecule has 6 heteroatoms. The average Bonchev–Trinajstić information content (AvgIpc) is 2.30. The summed E-state index contributed by atoms with van der Waals surface area (Å²) < 4.78 is 13.8. The average molecular weight is 227 g/mol. The lowest BCUT2D eigenvalue weighted by atomic mass is 10.1. The molecule has 0 atom stereocenters. The maximum absolute atomic E-state index is 13.8. The summed E-state index contributed by atoms with van der Waals surface area (Å²) in [6.07, 6.45) is 0. The molecule has 0 aliphatic rings. The maximum atomic E-state index is 13.8. The number of nitrogens with one attached hydrogen (secondary N) is 1. The predicted octanol–water partition coefficient (Wildman–Crippen LogP) is 0.00210. The van der Waals surface area contributed by atoms with Gasteiger partial charge in [0, 0.05) is 18.7 Å². The van der Waals surface area contributed by atoms with Crippen molar-refractivity contribution < 1.29 is 14.7 Å². The minimum atomic E-state index is -0.525. The highest BCUT2D eigenvalue weighted by molar-refractivity contribution is 5.97. The summed E-state index contributed by atoms with van der Waals surface area (Å²) >= 11 is 0. The zero-order valence-electron chi connectivity index (χ0n) is 8.65. The van der Waals surface area contributed by atoms with Crippen LogP contribution >= 0.6 is 0 Å². The van der Waals surface area contributed by atoms with E-state index in [1.54, 1.807) is 12.1 Å². The molecule has 0 bridgehead atoms. The molecule has 0 aliphatic heterocycles. The topological polar surface area (TPSA) is 90.9 Å². The summed E-state index contributed by atoms with van der Waals surface area (Å²) in [6.45, 7) is 0.647. The monoisotopic (exact) mass is 227 g/mol. The molecule has 0 unspecified atom stereocenters. The molecule has 5 nitrogen and oxygen atoms in total. The minimum Gasteiger partial charge on any atom is -0.409 e.